The Hall–Kier alpha value is -1.80. The molecule has 1 aliphatic carbocycles. The summed E-state index contributed by atoms with van der Waals surface area (Å²) in [5.74, 6) is 5.75. The second-order valence-corrected chi connectivity index (χ2v) is 8.18. The number of rotatable bonds is 11. The molecule has 2 fully saturated rings. The zero-order chi connectivity index (χ0) is 20.4. The third kappa shape index (κ3) is 6.38. The molecule has 5 heteroatoms. The number of likely N-dealkylation sites (tertiary alicyclic amines) is 1. The lowest BCUT2D eigenvalue weighted by atomic mass is 9.63. The van der Waals surface area contributed by atoms with Gasteiger partial charge in [-0.3, -0.25) is 9.59 Å². The standard InChI is InChI=1S/C23H35NO4/c1-2-3-7-15-23(16-9-17-23)20(25)13-11-19-12-14-21(26)24(19)18-8-5-4-6-10-22(27)28/h11,13,19-20,25H,2,4-6,8-10,12,14-18H2,1H3,(H,27,28)/b13-11+/t19-,20+/m0/s1. The second kappa shape index (κ2) is 11.3. The van der Waals surface area contributed by atoms with E-state index < -0.39 is 12.1 Å². The predicted molar refractivity (Wildman–Crippen MR) is 110 cm³/mol. The van der Waals surface area contributed by atoms with Gasteiger partial charge >= 0.3 is 5.97 Å². The van der Waals surface area contributed by atoms with Gasteiger partial charge in [0.1, 0.15) is 0 Å². The first-order valence-corrected chi connectivity index (χ1v) is 10.8. The van der Waals surface area contributed by atoms with Gasteiger partial charge in [-0.05, 0) is 32.1 Å². The van der Waals surface area contributed by atoms with Crippen LogP contribution in [0.3, 0.4) is 0 Å². The van der Waals surface area contributed by atoms with E-state index in [4.69, 9.17) is 5.11 Å². The van der Waals surface area contributed by atoms with E-state index in [-0.39, 0.29) is 23.8 Å². The molecule has 156 valence electrons. The predicted octanol–water partition coefficient (Wildman–Crippen LogP) is 3.90. The lowest BCUT2D eigenvalue weighted by Crippen LogP contribution is -2.40. The van der Waals surface area contributed by atoms with Gasteiger partial charge in [0.05, 0.1) is 12.1 Å². The third-order valence-corrected chi connectivity index (χ3v) is 6.15. The van der Waals surface area contributed by atoms with E-state index in [1.807, 2.05) is 24.0 Å². The highest BCUT2D eigenvalue weighted by Crippen LogP contribution is 2.47. The number of aliphatic hydroxyl groups is 1. The molecular formula is C23H35NO4. The van der Waals surface area contributed by atoms with E-state index in [1.54, 1.807) is 0 Å². The van der Waals surface area contributed by atoms with Crippen LogP contribution in [0.2, 0.25) is 0 Å². The van der Waals surface area contributed by atoms with Crippen LogP contribution in [-0.4, -0.2) is 45.7 Å². The van der Waals surface area contributed by atoms with E-state index in [0.29, 0.717) is 19.4 Å². The highest BCUT2D eigenvalue weighted by atomic mass is 16.4. The number of hydrogen-bond donors (Lipinski definition) is 2. The molecule has 0 aromatic rings. The third-order valence-electron chi connectivity index (χ3n) is 6.15. The molecule has 2 aliphatic rings. The molecule has 1 amide bonds. The van der Waals surface area contributed by atoms with Crippen molar-refractivity contribution < 1.29 is 19.8 Å². The van der Waals surface area contributed by atoms with Crippen LogP contribution >= 0.6 is 0 Å². The molecule has 0 aromatic carbocycles. The van der Waals surface area contributed by atoms with Crippen molar-refractivity contribution in [1.29, 1.82) is 0 Å². The Balaban J connectivity index is 1.81. The second-order valence-electron chi connectivity index (χ2n) is 8.18. The summed E-state index contributed by atoms with van der Waals surface area (Å²) in [5, 5.41) is 19.4. The smallest absolute Gasteiger partial charge is 0.303 e. The summed E-state index contributed by atoms with van der Waals surface area (Å²) < 4.78 is 0. The van der Waals surface area contributed by atoms with Gasteiger partial charge in [0.15, 0.2) is 0 Å². The lowest BCUT2D eigenvalue weighted by molar-refractivity contribution is -0.137. The molecule has 1 aliphatic heterocycles. The number of nitrogens with zero attached hydrogens (tertiary/aromatic N) is 1. The number of hydrogen-bond acceptors (Lipinski definition) is 3. The molecule has 5 nitrogen and oxygen atoms in total. The van der Waals surface area contributed by atoms with Crippen LogP contribution in [0.4, 0.5) is 0 Å². The van der Waals surface area contributed by atoms with Crippen molar-refractivity contribution in [3.8, 4) is 11.8 Å². The van der Waals surface area contributed by atoms with Crippen molar-refractivity contribution in [2.24, 2.45) is 5.41 Å². The summed E-state index contributed by atoms with van der Waals surface area (Å²) in [4.78, 5) is 24.7. The summed E-state index contributed by atoms with van der Waals surface area (Å²) >= 11 is 0. The van der Waals surface area contributed by atoms with Crippen molar-refractivity contribution in [3.05, 3.63) is 12.2 Å². The number of carboxylic acids is 1. The summed E-state index contributed by atoms with van der Waals surface area (Å²) in [6.07, 6.45) is 13.2. The topological polar surface area (TPSA) is 77.8 Å². The van der Waals surface area contributed by atoms with Gasteiger partial charge in [0.25, 0.3) is 0 Å². The fourth-order valence-corrected chi connectivity index (χ4v) is 4.17. The van der Waals surface area contributed by atoms with Crippen molar-refractivity contribution in [3.63, 3.8) is 0 Å². The highest BCUT2D eigenvalue weighted by Gasteiger charge is 2.42. The van der Waals surface area contributed by atoms with Crippen molar-refractivity contribution in [2.75, 3.05) is 6.54 Å². The number of amides is 1. The number of carboxylic acid groups (broad SMARTS) is 1. The lowest BCUT2D eigenvalue weighted by Gasteiger charge is -2.43. The first-order chi connectivity index (χ1) is 13.5. The van der Waals surface area contributed by atoms with Gasteiger partial charge in [-0.2, -0.15) is 0 Å². The molecule has 2 rings (SSSR count). The molecule has 0 unspecified atom stereocenters. The zero-order valence-corrected chi connectivity index (χ0v) is 17.2. The van der Waals surface area contributed by atoms with Crippen LogP contribution in [0.25, 0.3) is 0 Å². The highest BCUT2D eigenvalue weighted by molar-refractivity contribution is 5.79. The fraction of sp³-hybridized carbons (Fsp3) is 0.739. The number of aliphatic hydroxyl groups excluding tert-OH is 1. The van der Waals surface area contributed by atoms with Crippen LogP contribution in [0.5, 0.6) is 0 Å². The largest absolute Gasteiger partial charge is 0.481 e. The molecule has 0 radical (unpaired) electrons. The molecule has 0 aromatic heterocycles. The first-order valence-electron chi connectivity index (χ1n) is 10.8. The molecule has 0 spiro atoms. The van der Waals surface area contributed by atoms with Gasteiger partial charge < -0.3 is 15.1 Å². The molecule has 1 saturated carbocycles. The molecule has 2 N–H and O–H groups in total. The summed E-state index contributed by atoms with van der Waals surface area (Å²) in [7, 11) is 0. The number of carbonyl (C=O) groups excluding carboxylic acids is 1. The zero-order valence-electron chi connectivity index (χ0n) is 17.2. The van der Waals surface area contributed by atoms with Crippen molar-refractivity contribution in [1.82, 2.24) is 4.90 Å². The molecular weight excluding hydrogens is 354 g/mol. The number of unbranched alkanes of at least 4 members (excludes halogenated alkanes) is 3. The van der Waals surface area contributed by atoms with Gasteiger partial charge in [-0.25, -0.2) is 0 Å². The summed E-state index contributed by atoms with van der Waals surface area (Å²) in [6.45, 7) is 2.75. The van der Waals surface area contributed by atoms with Gasteiger partial charge in [-0.15, -0.1) is 11.8 Å². The molecule has 1 heterocycles. The van der Waals surface area contributed by atoms with E-state index in [1.165, 1.54) is 0 Å². The molecule has 28 heavy (non-hydrogen) atoms. The Bertz CT molecular complexity index is 612. The monoisotopic (exact) mass is 389 g/mol. The first kappa shape index (κ1) is 22.5. The Morgan fingerprint density at radius 2 is 2.04 bits per heavy atom. The Morgan fingerprint density at radius 3 is 2.68 bits per heavy atom. The molecule has 2 atom stereocenters. The van der Waals surface area contributed by atoms with E-state index in [2.05, 4.69) is 11.8 Å². The van der Waals surface area contributed by atoms with Gasteiger partial charge in [0, 0.05) is 37.6 Å². The SMILES string of the molecule is CCC#CCC1([C@H](O)/C=C/[C@H]2CCC(=O)N2CCCCCCC(=O)O)CCC1. The van der Waals surface area contributed by atoms with Crippen molar-refractivity contribution in [2.45, 2.75) is 96.1 Å². The average Bonchev–Trinajstić information content (AvgIpc) is 2.98. The maximum atomic E-state index is 12.2. The minimum Gasteiger partial charge on any atom is -0.481 e. The van der Waals surface area contributed by atoms with Crippen LogP contribution in [-0.2, 0) is 9.59 Å². The summed E-state index contributed by atoms with van der Waals surface area (Å²) in [5.41, 5.74) is -0.101. The molecule has 0 bridgehead atoms. The normalized spacial score (nSPS) is 22.0. The quantitative estimate of drug-likeness (QED) is 0.319. The Morgan fingerprint density at radius 1 is 1.29 bits per heavy atom. The Kier molecular flexibility index (Phi) is 9.05. The van der Waals surface area contributed by atoms with Crippen LogP contribution in [0.1, 0.15) is 84.0 Å². The van der Waals surface area contributed by atoms with E-state index in [0.717, 1.165) is 57.8 Å². The van der Waals surface area contributed by atoms with E-state index >= 15 is 0 Å². The van der Waals surface area contributed by atoms with Crippen LogP contribution < -0.4 is 0 Å². The number of aliphatic carboxylic acids is 1. The minimum atomic E-state index is -0.747. The molecule has 1 saturated heterocycles. The van der Waals surface area contributed by atoms with Crippen molar-refractivity contribution >= 4 is 11.9 Å². The van der Waals surface area contributed by atoms with Crippen LogP contribution in [0.15, 0.2) is 12.2 Å². The number of carbonyl (C=O) groups is 2. The van der Waals surface area contributed by atoms with E-state index in [9.17, 15) is 14.7 Å². The maximum Gasteiger partial charge on any atom is 0.303 e. The van der Waals surface area contributed by atoms with Crippen LogP contribution in [0, 0.1) is 17.3 Å². The average molecular weight is 390 g/mol. The van der Waals surface area contributed by atoms with Gasteiger partial charge in [0.2, 0.25) is 5.91 Å². The maximum absolute atomic E-state index is 12.2. The fourth-order valence-electron chi connectivity index (χ4n) is 4.17. The summed E-state index contributed by atoms with van der Waals surface area (Å²) in [6, 6.07) is 0.0695. The minimum absolute atomic E-state index is 0.0695. The Labute approximate surface area is 169 Å². The van der Waals surface area contributed by atoms with Gasteiger partial charge in [-0.1, -0.05) is 38.3 Å².